The van der Waals surface area contributed by atoms with Crippen molar-refractivity contribution < 1.29 is 13.9 Å². The first kappa shape index (κ1) is 15.8. The molecule has 2 aromatic carbocycles. The molecule has 1 atom stereocenters. The molecule has 0 heterocycles. The second kappa shape index (κ2) is 6.45. The van der Waals surface area contributed by atoms with Gasteiger partial charge in [-0.1, -0.05) is 22.0 Å². The number of benzene rings is 2. The molecule has 0 aromatic heterocycles. The molecule has 0 amide bonds. The smallest absolute Gasteiger partial charge is 0.132 e. The molecule has 3 nitrogen and oxygen atoms in total. The largest absolute Gasteiger partial charge is 0.496 e. The maximum absolute atomic E-state index is 14.2. The van der Waals surface area contributed by atoms with Gasteiger partial charge in [-0.15, -0.1) is 0 Å². The third kappa shape index (κ3) is 3.04. The summed E-state index contributed by atoms with van der Waals surface area (Å²) >= 11 is 3.47. The Kier molecular flexibility index (Phi) is 4.85. The number of hydrogen-bond donors (Lipinski definition) is 1. The molecule has 1 unspecified atom stereocenters. The fourth-order valence-electron chi connectivity index (χ4n) is 2.24. The van der Waals surface area contributed by atoms with Crippen molar-refractivity contribution in [2.45, 2.75) is 13.0 Å². The van der Waals surface area contributed by atoms with E-state index in [2.05, 4.69) is 15.9 Å². The number of nitrogens with two attached hydrogens (primary N) is 1. The Hall–Kier alpha value is -1.59. The van der Waals surface area contributed by atoms with Crippen molar-refractivity contribution >= 4 is 15.9 Å². The molecule has 2 aromatic rings. The summed E-state index contributed by atoms with van der Waals surface area (Å²) in [5.74, 6) is 0.635. The fourth-order valence-corrected chi connectivity index (χ4v) is 2.60. The Balaban J connectivity index is 2.60. The van der Waals surface area contributed by atoms with Gasteiger partial charge in [-0.2, -0.15) is 0 Å². The maximum atomic E-state index is 14.2. The number of halogens is 2. The van der Waals surface area contributed by atoms with E-state index in [1.807, 2.05) is 19.1 Å². The van der Waals surface area contributed by atoms with Gasteiger partial charge >= 0.3 is 0 Å². The summed E-state index contributed by atoms with van der Waals surface area (Å²) in [5, 5.41) is 0. The lowest BCUT2D eigenvalue weighted by Crippen LogP contribution is -2.16. The molecule has 2 rings (SSSR count). The van der Waals surface area contributed by atoms with Gasteiger partial charge in [0.25, 0.3) is 0 Å². The van der Waals surface area contributed by atoms with Crippen LogP contribution in [0, 0.1) is 12.7 Å². The quantitative estimate of drug-likeness (QED) is 0.904. The van der Waals surface area contributed by atoms with E-state index in [4.69, 9.17) is 15.2 Å². The summed E-state index contributed by atoms with van der Waals surface area (Å²) in [6.45, 7) is 1.95. The second-order valence-corrected chi connectivity index (χ2v) is 5.53. The van der Waals surface area contributed by atoms with E-state index in [-0.39, 0.29) is 0 Å². The first-order valence-electron chi connectivity index (χ1n) is 6.41. The molecule has 0 spiro atoms. The highest BCUT2D eigenvalue weighted by molar-refractivity contribution is 9.10. The standard InChI is InChI=1S/C16H17BrFNO2/c1-9-7-14(21-3)10(8-11(9)17)16(19)15-12(18)5-4-6-13(15)20-2/h4-8,16H,19H2,1-3H3. The van der Waals surface area contributed by atoms with Gasteiger partial charge < -0.3 is 15.2 Å². The Labute approximate surface area is 132 Å². The van der Waals surface area contributed by atoms with Gasteiger partial charge in [0.05, 0.1) is 25.8 Å². The zero-order valence-corrected chi connectivity index (χ0v) is 13.7. The Morgan fingerprint density at radius 3 is 2.43 bits per heavy atom. The molecule has 2 N–H and O–H groups in total. The average Bonchev–Trinajstić information content (AvgIpc) is 2.48. The van der Waals surface area contributed by atoms with Crippen LogP contribution in [0.4, 0.5) is 4.39 Å². The number of hydrogen-bond acceptors (Lipinski definition) is 3. The minimum absolute atomic E-state index is 0.314. The molecule has 0 aliphatic carbocycles. The van der Waals surface area contributed by atoms with Crippen molar-refractivity contribution in [3.05, 3.63) is 57.3 Å². The molecule has 0 bridgehead atoms. The molecular formula is C16H17BrFNO2. The highest BCUT2D eigenvalue weighted by atomic mass is 79.9. The number of methoxy groups -OCH3 is 2. The number of aryl methyl sites for hydroxylation is 1. The van der Waals surface area contributed by atoms with Crippen LogP contribution in [-0.2, 0) is 0 Å². The molecule has 0 saturated heterocycles. The van der Waals surface area contributed by atoms with Crippen molar-refractivity contribution in [1.82, 2.24) is 0 Å². The highest BCUT2D eigenvalue weighted by Gasteiger charge is 2.22. The Morgan fingerprint density at radius 1 is 1.14 bits per heavy atom. The van der Waals surface area contributed by atoms with Crippen LogP contribution in [0.2, 0.25) is 0 Å². The summed E-state index contributed by atoms with van der Waals surface area (Å²) in [6.07, 6.45) is 0. The van der Waals surface area contributed by atoms with E-state index in [9.17, 15) is 4.39 Å². The maximum Gasteiger partial charge on any atom is 0.132 e. The third-order valence-corrected chi connectivity index (χ3v) is 4.24. The topological polar surface area (TPSA) is 44.5 Å². The minimum atomic E-state index is -0.687. The number of ether oxygens (including phenoxy) is 2. The lowest BCUT2D eigenvalue weighted by atomic mass is 9.96. The van der Waals surface area contributed by atoms with Crippen LogP contribution in [0.5, 0.6) is 11.5 Å². The minimum Gasteiger partial charge on any atom is -0.496 e. The van der Waals surface area contributed by atoms with Crippen molar-refractivity contribution in [3.8, 4) is 11.5 Å². The van der Waals surface area contributed by atoms with Crippen LogP contribution in [0.25, 0.3) is 0 Å². The SMILES string of the molecule is COc1cc(C)c(Br)cc1C(N)c1c(F)cccc1OC. The van der Waals surface area contributed by atoms with E-state index in [0.717, 1.165) is 10.0 Å². The zero-order valence-electron chi connectivity index (χ0n) is 12.1. The normalized spacial score (nSPS) is 12.1. The summed E-state index contributed by atoms with van der Waals surface area (Å²) in [4.78, 5) is 0. The van der Waals surface area contributed by atoms with Gasteiger partial charge in [0.2, 0.25) is 0 Å². The van der Waals surface area contributed by atoms with E-state index < -0.39 is 11.9 Å². The molecule has 0 radical (unpaired) electrons. The molecule has 112 valence electrons. The van der Waals surface area contributed by atoms with E-state index >= 15 is 0 Å². The Bertz CT molecular complexity index is 661. The van der Waals surface area contributed by atoms with Gasteiger partial charge in [-0.25, -0.2) is 4.39 Å². The molecule has 5 heteroatoms. The summed E-state index contributed by atoms with van der Waals surface area (Å²) < 4.78 is 25.7. The van der Waals surface area contributed by atoms with Gasteiger partial charge in [0, 0.05) is 10.0 Å². The van der Waals surface area contributed by atoms with Crippen molar-refractivity contribution in [2.24, 2.45) is 5.73 Å². The second-order valence-electron chi connectivity index (χ2n) is 4.68. The summed E-state index contributed by atoms with van der Waals surface area (Å²) in [6, 6.07) is 7.68. The first-order chi connectivity index (χ1) is 9.99. The van der Waals surface area contributed by atoms with E-state index in [1.165, 1.54) is 13.2 Å². The van der Waals surface area contributed by atoms with Crippen LogP contribution in [0.15, 0.2) is 34.8 Å². The summed E-state index contributed by atoms with van der Waals surface area (Å²) in [5.41, 5.74) is 8.29. The fraction of sp³-hybridized carbons (Fsp3) is 0.250. The van der Waals surface area contributed by atoms with Crippen molar-refractivity contribution in [3.63, 3.8) is 0 Å². The molecule has 21 heavy (non-hydrogen) atoms. The van der Waals surface area contributed by atoms with Crippen LogP contribution in [0.1, 0.15) is 22.7 Å². The molecule has 0 saturated carbocycles. The van der Waals surface area contributed by atoms with E-state index in [1.54, 1.807) is 19.2 Å². The molecule has 0 fully saturated rings. The monoisotopic (exact) mass is 353 g/mol. The molecular weight excluding hydrogens is 337 g/mol. The lowest BCUT2D eigenvalue weighted by Gasteiger charge is -2.20. The van der Waals surface area contributed by atoms with Gasteiger partial charge in [0.1, 0.15) is 17.3 Å². The molecule has 0 aliphatic heterocycles. The Morgan fingerprint density at radius 2 is 1.81 bits per heavy atom. The van der Waals surface area contributed by atoms with Crippen molar-refractivity contribution in [1.29, 1.82) is 0 Å². The predicted octanol–water partition coefficient (Wildman–Crippen LogP) is 3.96. The summed E-state index contributed by atoms with van der Waals surface area (Å²) in [7, 11) is 3.06. The first-order valence-corrected chi connectivity index (χ1v) is 7.21. The zero-order chi connectivity index (χ0) is 15.6. The third-order valence-electron chi connectivity index (χ3n) is 3.39. The van der Waals surface area contributed by atoms with Crippen LogP contribution in [-0.4, -0.2) is 14.2 Å². The predicted molar refractivity (Wildman–Crippen MR) is 84.4 cm³/mol. The van der Waals surface area contributed by atoms with Crippen LogP contribution in [0.3, 0.4) is 0 Å². The van der Waals surface area contributed by atoms with Crippen LogP contribution >= 0.6 is 15.9 Å². The molecule has 0 aliphatic rings. The van der Waals surface area contributed by atoms with Gasteiger partial charge in [-0.05, 0) is 36.8 Å². The van der Waals surface area contributed by atoms with E-state index in [0.29, 0.717) is 22.6 Å². The van der Waals surface area contributed by atoms with Crippen LogP contribution < -0.4 is 15.2 Å². The van der Waals surface area contributed by atoms with Gasteiger partial charge in [0.15, 0.2) is 0 Å². The highest BCUT2D eigenvalue weighted by Crippen LogP contribution is 2.37. The average molecular weight is 354 g/mol. The lowest BCUT2D eigenvalue weighted by molar-refractivity contribution is 0.395. The van der Waals surface area contributed by atoms with Crippen molar-refractivity contribution in [2.75, 3.05) is 14.2 Å². The number of rotatable bonds is 4. The van der Waals surface area contributed by atoms with Gasteiger partial charge in [-0.3, -0.25) is 0 Å².